The van der Waals surface area contributed by atoms with Gasteiger partial charge in [0.05, 0.1) is 11.1 Å². The van der Waals surface area contributed by atoms with Crippen molar-refractivity contribution in [3.05, 3.63) is 110 Å². The molecule has 172 valence electrons. The van der Waals surface area contributed by atoms with Gasteiger partial charge >= 0.3 is 0 Å². The van der Waals surface area contributed by atoms with Crippen molar-refractivity contribution in [1.29, 1.82) is 0 Å². The fourth-order valence-electron chi connectivity index (χ4n) is 3.99. The molecule has 3 aromatic carbocycles. The predicted octanol–water partition coefficient (Wildman–Crippen LogP) is 5.36. The van der Waals surface area contributed by atoms with Crippen molar-refractivity contribution >= 4 is 28.3 Å². The number of hydrogen-bond donors (Lipinski definition) is 1. The highest BCUT2D eigenvalue weighted by Gasteiger charge is 2.18. The van der Waals surface area contributed by atoms with E-state index in [1.807, 2.05) is 76.2 Å². The van der Waals surface area contributed by atoms with Crippen molar-refractivity contribution in [3.63, 3.8) is 0 Å². The molecule has 4 aromatic rings. The molecule has 0 saturated carbocycles. The molecule has 0 fully saturated rings. The van der Waals surface area contributed by atoms with E-state index in [-0.39, 0.29) is 29.2 Å². The molecule has 0 unspecified atom stereocenters. The Labute approximate surface area is 199 Å². The number of aromatic nitrogens is 1. The Balaban J connectivity index is 1.76. The summed E-state index contributed by atoms with van der Waals surface area (Å²) in [5, 5.41) is 3.37. The van der Waals surface area contributed by atoms with Gasteiger partial charge in [0.1, 0.15) is 6.54 Å². The first-order valence-electron chi connectivity index (χ1n) is 11.4. The summed E-state index contributed by atoms with van der Waals surface area (Å²) < 4.78 is 1.69. The monoisotopic (exact) mass is 452 g/mol. The van der Waals surface area contributed by atoms with Crippen molar-refractivity contribution in [2.24, 2.45) is 0 Å². The van der Waals surface area contributed by atoms with Gasteiger partial charge in [0, 0.05) is 22.8 Å². The second-order valence-electron chi connectivity index (χ2n) is 8.75. The Morgan fingerprint density at radius 2 is 1.62 bits per heavy atom. The fourth-order valence-corrected chi connectivity index (χ4v) is 3.99. The number of carbonyl (C=O) groups excluding carboxylic acids is 2. The summed E-state index contributed by atoms with van der Waals surface area (Å²) in [5.74, 6) is -0.585. The number of hydrogen-bond acceptors (Lipinski definition) is 3. The molecule has 5 nitrogen and oxygen atoms in total. The van der Waals surface area contributed by atoms with Crippen molar-refractivity contribution < 1.29 is 9.59 Å². The van der Waals surface area contributed by atoms with Gasteiger partial charge in [-0.2, -0.15) is 0 Å². The Bertz CT molecular complexity index is 1460. The number of rotatable bonds is 6. The summed E-state index contributed by atoms with van der Waals surface area (Å²) in [6.45, 7) is 7.94. The van der Waals surface area contributed by atoms with Crippen LogP contribution in [0.15, 0.2) is 71.7 Å². The van der Waals surface area contributed by atoms with Gasteiger partial charge < -0.3 is 9.88 Å². The van der Waals surface area contributed by atoms with E-state index in [4.69, 9.17) is 0 Å². The van der Waals surface area contributed by atoms with Crippen molar-refractivity contribution in [2.45, 2.75) is 40.7 Å². The molecule has 1 N–H and O–H groups in total. The van der Waals surface area contributed by atoms with Crippen molar-refractivity contribution in [3.8, 4) is 0 Å². The molecule has 0 aliphatic carbocycles. The van der Waals surface area contributed by atoms with E-state index in [0.29, 0.717) is 22.2 Å². The first-order chi connectivity index (χ1) is 16.3. The molecule has 0 spiro atoms. The first kappa shape index (κ1) is 23.2. The van der Waals surface area contributed by atoms with E-state index in [0.717, 1.165) is 28.7 Å². The van der Waals surface area contributed by atoms with Crippen LogP contribution in [0.3, 0.4) is 0 Å². The van der Waals surface area contributed by atoms with Gasteiger partial charge in [-0.1, -0.05) is 48.9 Å². The normalized spacial score (nSPS) is 10.9. The highest BCUT2D eigenvalue weighted by Crippen LogP contribution is 2.19. The summed E-state index contributed by atoms with van der Waals surface area (Å²) in [4.78, 5) is 39.5. The molecule has 0 saturated heterocycles. The molecule has 0 aliphatic rings. The lowest BCUT2D eigenvalue weighted by molar-refractivity contribution is -0.116. The third-order valence-electron chi connectivity index (χ3n) is 6.22. The van der Waals surface area contributed by atoms with Crippen LogP contribution in [0.2, 0.25) is 0 Å². The minimum absolute atomic E-state index is 0.0245. The quantitative estimate of drug-likeness (QED) is 0.401. The number of carbonyl (C=O) groups is 2. The molecule has 34 heavy (non-hydrogen) atoms. The van der Waals surface area contributed by atoms with Gasteiger partial charge in [-0.3, -0.25) is 14.4 Å². The van der Waals surface area contributed by atoms with Gasteiger partial charge in [-0.25, -0.2) is 0 Å². The van der Waals surface area contributed by atoms with Crippen LogP contribution in [-0.4, -0.2) is 16.3 Å². The molecular formula is C29H28N2O3. The van der Waals surface area contributed by atoms with Crippen LogP contribution in [0.4, 0.5) is 5.69 Å². The Hall–Kier alpha value is -3.99. The molecule has 5 heteroatoms. The van der Waals surface area contributed by atoms with Gasteiger partial charge in [0.2, 0.25) is 11.3 Å². The van der Waals surface area contributed by atoms with Gasteiger partial charge in [-0.05, 0) is 68.1 Å². The van der Waals surface area contributed by atoms with Crippen LogP contribution in [0, 0.1) is 20.8 Å². The topological polar surface area (TPSA) is 68.2 Å². The first-order valence-corrected chi connectivity index (χ1v) is 11.4. The standard InChI is InChI=1S/C29H28N2O3/c1-5-21-9-13-26-24(15-21)29(34)25(28(33)22-10-6-18(2)7-11-22)16-31(26)17-27(32)30-23-12-8-19(3)20(4)14-23/h6-16H,5,17H2,1-4H3,(H,30,32). The van der Waals surface area contributed by atoms with Crippen LogP contribution in [0.5, 0.6) is 0 Å². The lowest BCUT2D eigenvalue weighted by Crippen LogP contribution is -2.24. The Kier molecular flexibility index (Phi) is 6.46. The number of nitrogens with one attached hydrogen (secondary N) is 1. The molecule has 0 atom stereocenters. The number of benzene rings is 3. The zero-order valence-electron chi connectivity index (χ0n) is 19.9. The zero-order chi connectivity index (χ0) is 24.4. The summed E-state index contributed by atoms with van der Waals surface area (Å²) in [5.41, 5.74) is 5.78. The largest absolute Gasteiger partial charge is 0.337 e. The van der Waals surface area contributed by atoms with Crippen LogP contribution >= 0.6 is 0 Å². The predicted molar refractivity (Wildman–Crippen MR) is 137 cm³/mol. The molecule has 0 bridgehead atoms. The molecule has 1 aromatic heterocycles. The highest BCUT2D eigenvalue weighted by molar-refractivity contribution is 6.10. The molecular weight excluding hydrogens is 424 g/mol. The average Bonchev–Trinajstić information content (AvgIpc) is 2.83. The van der Waals surface area contributed by atoms with Crippen LogP contribution in [-0.2, 0) is 17.8 Å². The number of amides is 1. The third-order valence-corrected chi connectivity index (χ3v) is 6.22. The van der Waals surface area contributed by atoms with Crippen LogP contribution in [0.1, 0.15) is 45.1 Å². The Morgan fingerprint density at radius 1 is 0.882 bits per heavy atom. The van der Waals surface area contributed by atoms with E-state index in [2.05, 4.69) is 5.32 Å². The Morgan fingerprint density at radius 3 is 2.29 bits per heavy atom. The third kappa shape index (κ3) is 4.69. The summed E-state index contributed by atoms with van der Waals surface area (Å²) in [7, 11) is 0. The SMILES string of the molecule is CCc1ccc2c(c1)c(=O)c(C(=O)c1ccc(C)cc1)cn2CC(=O)Nc1ccc(C)c(C)c1. The number of fused-ring (bicyclic) bond motifs is 1. The summed E-state index contributed by atoms with van der Waals surface area (Å²) >= 11 is 0. The zero-order valence-corrected chi connectivity index (χ0v) is 19.9. The summed E-state index contributed by atoms with van der Waals surface area (Å²) in [6, 6.07) is 18.5. The maximum absolute atomic E-state index is 13.3. The van der Waals surface area contributed by atoms with Gasteiger partial charge in [0.15, 0.2) is 5.78 Å². The summed E-state index contributed by atoms with van der Waals surface area (Å²) in [6.07, 6.45) is 2.28. The van der Waals surface area contributed by atoms with E-state index < -0.39 is 0 Å². The molecule has 1 heterocycles. The number of pyridine rings is 1. The van der Waals surface area contributed by atoms with E-state index in [1.165, 1.54) is 6.20 Å². The van der Waals surface area contributed by atoms with E-state index >= 15 is 0 Å². The number of aryl methyl sites for hydroxylation is 4. The van der Waals surface area contributed by atoms with Gasteiger partial charge in [0.25, 0.3) is 0 Å². The number of nitrogens with zero attached hydrogens (tertiary/aromatic N) is 1. The highest BCUT2D eigenvalue weighted by atomic mass is 16.2. The molecule has 4 rings (SSSR count). The minimum Gasteiger partial charge on any atom is -0.337 e. The second-order valence-corrected chi connectivity index (χ2v) is 8.75. The van der Waals surface area contributed by atoms with Crippen molar-refractivity contribution in [2.75, 3.05) is 5.32 Å². The number of anilines is 1. The average molecular weight is 453 g/mol. The molecule has 0 aliphatic heterocycles. The van der Waals surface area contributed by atoms with Gasteiger partial charge in [-0.15, -0.1) is 0 Å². The van der Waals surface area contributed by atoms with Crippen molar-refractivity contribution in [1.82, 2.24) is 4.57 Å². The minimum atomic E-state index is -0.350. The molecule has 1 amide bonds. The molecule has 0 radical (unpaired) electrons. The number of ketones is 1. The van der Waals surface area contributed by atoms with E-state index in [1.54, 1.807) is 16.7 Å². The second kappa shape index (κ2) is 9.48. The lowest BCUT2D eigenvalue weighted by atomic mass is 10.00. The van der Waals surface area contributed by atoms with E-state index in [9.17, 15) is 14.4 Å². The van der Waals surface area contributed by atoms with Crippen LogP contribution in [0.25, 0.3) is 10.9 Å². The lowest BCUT2D eigenvalue weighted by Gasteiger charge is -2.15. The maximum Gasteiger partial charge on any atom is 0.244 e. The maximum atomic E-state index is 13.3. The smallest absolute Gasteiger partial charge is 0.244 e. The van der Waals surface area contributed by atoms with Crippen LogP contribution < -0.4 is 10.7 Å². The fraction of sp³-hybridized carbons (Fsp3) is 0.207.